The van der Waals surface area contributed by atoms with Gasteiger partial charge in [-0.15, -0.1) is 0 Å². The number of likely N-dealkylation sites (tertiary alicyclic amines) is 1. The number of alkyl halides is 1. The number of aromatic nitrogens is 3. The van der Waals surface area contributed by atoms with Crippen LogP contribution in [0.5, 0.6) is 0 Å². The molecule has 1 aliphatic carbocycles. The molecule has 1 saturated heterocycles. The first kappa shape index (κ1) is 33.2. The molecule has 0 unspecified atom stereocenters. The maximum atomic E-state index is 14.0. The van der Waals surface area contributed by atoms with Crippen LogP contribution in [0.25, 0.3) is 22.3 Å². The lowest BCUT2D eigenvalue weighted by Crippen LogP contribution is -2.57. The van der Waals surface area contributed by atoms with E-state index in [0.29, 0.717) is 23.1 Å². The number of carbonyl (C=O) groups excluding carboxylic acids is 2. The van der Waals surface area contributed by atoms with Gasteiger partial charge in [0.1, 0.15) is 12.2 Å². The summed E-state index contributed by atoms with van der Waals surface area (Å²) in [5, 5.41) is 6.21. The van der Waals surface area contributed by atoms with Crippen LogP contribution in [0.1, 0.15) is 94.2 Å². The fourth-order valence-corrected chi connectivity index (χ4v) is 7.77. The Morgan fingerprint density at radius 2 is 1.78 bits per heavy atom. The number of fused-ring (bicyclic) bond motifs is 2. The Kier molecular flexibility index (Phi) is 8.71. The number of hydrogen-bond acceptors (Lipinski definition) is 6. The van der Waals surface area contributed by atoms with Gasteiger partial charge >= 0.3 is 0 Å². The monoisotopic (exact) mass is 665 g/mol. The Morgan fingerprint density at radius 3 is 2.49 bits per heavy atom. The summed E-state index contributed by atoms with van der Waals surface area (Å²) in [6, 6.07) is 14.2. The summed E-state index contributed by atoms with van der Waals surface area (Å²) in [5.41, 5.74) is 6.69. The van der Waals surface area contributed by atoms with Crippen molar-refractivity contribution in [1.29, 1.82) is 0 Å². The molecule has 4 heterocycles. The minimum Gasteiger partial charge on any atom is -0.347 e. The Labute approximate surface area is 288 Å². The van der Waals surface area contributed by atoms with Crippen LogP contribution in [-0.4, -0.2) is 69.1 Å². The number of pyridine rings is 1. The van der Waals surface area contributed by atoms with Crippen LogP contribution in [0.2, 0.25) is 0 Å². The standard InChI is InChI=1S/C39H48FN7O2/c1-23(2)46-22-41-33-20-32(44-36(35(33)46)43-27-12-10-24(3)30(17-27)37(48)42-25(4)21-40)26-11-13-31-34(16-26)47(38(49)39(31,5)6)29-18-28(19-29)45-14-8-7-9-15-45/h10-13,16-17,20,22-23,25,28-29H,7-9,14-15,18-19,21H2,1-6H3,(H,42,48)(H,43,44)/t25-,28-,29+/m0/s1. The fourth-order valence-electron chi connectivity index (χ4n) is 7.77. The van der Waals surface area contributed by atoms with Crippen molar-refractivity contribution in [1.82, 2.24) is 24.8 Å². The fraction of sp³-hybridized carbons (Fsp3) is 0.487. The molecular formula is C39H48FN7O2. The number of amides is 2. The lowest BCUT2D eigenvalue weighted by atomic mass is 9.82. The molecule has 2 fully saturated rings. The number of benzene rings is 2. The van der Waals surface area contributed by atoms with Gasteiger partial charge in [0.15, 0.2) is 5.82 Å². The molecule has 4 aromatic rings. The van der Waals surface area contributed by atoms with Crippen LogP contribution in [0.4, 0.5) is 21.6 Å². The summed E-state index contributed by atoms with van der Waals surface area (Å²) in [4.78, 5) is 41.6. The first-order valence-corrected chi connectivity index (χ1v) is 17.8. The molecule has 9 nitrogen and oxygen atoms in total. The zero-order chi connectivity index (χ0) is 34.6. The Balaban J connectivity index is 1.24. The molecule has 258 valence electrons. The maximum Gasteiger partial charge on any atom is 0.251 e. The Bertz CT molecular complexity index is 1900. The summed E-state index contributed by atoms with van der Waals surface area (Å²) >= 11 is 0. The van der Waals surface area contributed by atoms with Crippen molar-refractivity contribution in [2.75, 3.05) is 30.0 Å². The van der Waals surface area contributed by atoms with Crippen LogP contribution < -0.4 is 15.5 Å². The van der Waals surface area contributed by atoms with Crippen LogP contribution in [0.3, 0.4) is 0 Å². The van der Waals surface area contributed by atoms with Crippen LogP contribution in [0, 0.1) is 6.92 Å². The quantitative estimate of drug-likeness (QED) is 0.193. The van der Waals surface area contributed by atoms with E-state index in [2.05, 4.69) is 57.0 Å². The zero-order valence-electron chi connectivity index (χ0n) is 29.5. The van der Waals surface area contributed by atoms with Gasteiger partial charge in [0.2, 0.25) is 5.91 Å². The van der Waals surface area contributed by atoms with Gasteiger partial charge in [0.25, 0.3) is 5.91 Å². The molecule has 2 amide bonds. The number of piperidine rings is 1. The molecule has 2 aromatic heterocycles. The summed E-state index contributed by atoms with van der Waals surface area (Å²) in [6.45, 7) is 13.5. The average Bonchev–Trinajstić information content (AvgIpc) is 3.59. The molecule has 2 aromatic carbocycles. The highest BCUT2D eigenvalue weighted by atomic mass is 19.1. The third-order valence-electron chi connectivity index (χ3n) is 10.8. The van der Waals surface area contributed by atoms with Crippen molar-refractivity contribution in [3.63, 3.8) is 0 Å². The van der Waals surface area contributed by atoms with Crippen LogP contribution >= 0.6 is 0 Å². The summed E-state index contributed by atoms with van der Waals surface area (Å²) in [6.07, 6.45) is 7.72. The largest absolute Gasteiger partial charge is 0.347 e. The number of nitrogens with zero attached hydrogens (tertiary/aromatic N) is 5. The van der Waals surface area contributed by atoms with Gasteiger partial charge in [-0.1, -0.05) is 24.6 Å². The average molecular weight is 666 g/mol. The van der Waals surface area contributed by atoms with E-state index in [4.69, 9.17) is 9.97 Å². The molecule has 7 rings (SSSR count). The third kappa shape index (κ3) is 5.98. The molecule has 1 saturated carbocycles. The molecule has 1 atom stereocenters. The predicted molar refractivity (Wildman–Crippen MR) is 193 cm³/mol. The van der Waals surface area contributed by atoms with Gasteiger partial charge in [-0.05, 0) is 116 Å². The SMILES string of the molecule is Cc1ccc(Nc2nc(-c3ccc4c(c3)N([C@H]3C[C@@H](N5CCCCC5)C3)C(=O)C4(C)C)cc3ncn(C(C)C)c23)cc1C(=O)N[C@@H](C)CF. The Morgan fingerprint density at radius 1 is 1.02 bits per heavy atom. The lowest BCUT2D eigenvalue weighted by molar-refractivity contribution is -0.123. The van der Waals surface area contributed by atoms with Gasteiger partial charge in [0, 0.05) is 40.6 Å². The number of aryl methyl sites for hydroxylation is 1. The predicted octanol–water partition coefficient (Wildman–Crippen LogP) is 7.46. The highest BCUT2D eigenvalue weighted by molar-refractivity contribution is 6.09. The Hall–Kier alpha value is -4.31. The smallest absolute Gasteiger partial charge is 0.251 e. The topological polar surface area (TPSA) is 95.4 Å². The van der Waals surface area contributed by atoms with E-state index in [9.17, 15) is 14.0 Å². The second-order valence-corrected chi connectivity index (χ2v) is 15.1. The third-order valence-corrected chi connectivity index (χ3v) is 10.8. The van der Waals surface area contributed by atoms with Crippen molar-refractivity contribution >= 4 is 40.0 Å². The van der Waals surface area contributed by atoms with Crippen molar-refractivity contribution in [2.24, 2.45) is 0 Å². The summed E-state index contributed by atoms with van der Waals surface area (Å²) in [5.74, 6) is 0.464. The van der Waals surface area contributed by atoms with Crippen molar-refractivity contribution < 1.29 is 14.0 Å². The van der Waals surface area contributed by atoms with E-state index in [1.807, 2.05) is 45.3 Å². The number of rotatable bonds is 9. The maximum absolute atomic E-state index is 14.0. The summed E-state index contributed by atoms with van der Waals surface area (Å²) < 4.78 is 15.2. The van der Waals surface area contributed by atoms with Crippen LogP contribution in [0.15, 0.2) is 48.8 Å². The highest BCUT2D eigenvalue weighted by Crippen LogP contribution is 2.48. The zero-order valence-corrected chi connectivity index (χ0v) is 29.5. The first-order chi connectivity index (χ1) is 23.5. The molecule has 10 heteroatoms. The normalized spacial score (nSPS) is 21.1. The van der Waals surface area contributed by atoms with Crippen LogP contribution in [-0.2, 0) is 10.2 Å². The molecule has 0 spiro atoms. The van der Waals surface area contributed by atoms with Crippen molar-refractivity contribution in [2.45, 2.75) is 103 Å². The second kappa shape index (κ2) is 12.9. The van der Waals surface area contributed by atoms with E-state index < -0.39 is 18.1 Å². The number of nitrogens with one attached hydrogen (secondary N) is 2. The molecule has 49 heavy (non-hydrogen) atoms. The molecule has 0 bridgehead atoms. The molecule has 0 radical (unpaired) electrons. The van der Waals surface area contributed by atoms with Crippen molar-refractivity contribution in [3.8, 4) is 11.3 Å². The first-order valence-electron chi connectivity index (χ1n) is 17.8. The molecular weight excluding hydrogens is 617 g/mol. The van der Waals surface area contributed by atoms with Gasteiger partial charge in [-0.3, -0.25) is 9.59 Å². The summed E-state index contributed by atoms with van der Waals surface area (Å²) in [7, 11) is 0. The van der Waals surface area contributed by atoms with E-state index in [1.165, 1.54) is 32.4 Å². The minimum atomic E-state index is -0.636. The van der Waals surface area contributed by atoms with Gasteiger partial charge in [0.05, 0.1) is 29.0 Å². The van der Waals surface area contributed by atoms with Gasteiger partial charge < -0.3 is 25.0 Å². The number of imidazole rings is 1. The number of hydrogen-bond donors (Lipinski definition) is 2. The number of carbonyl (C=O) groups is 2. The highest BCUT2D eigenvalue weighted by Gasteiger charge is 2.50. The van der Waals surface area contributed by atoms with E-state index in [1.54, 1.807) is 13.0 Å². The van der Waals surface area contributed by atoms with Crippen molar-refractivity contribution in [3.05, 3.63) is 65.5 Å². The molecule has 2 aliphatic heterocycles. The van der Waals surface area contributed by atoms with E-state index >= 15 is 0 Å². The number of anilines is 3. The molecule has 3 aliphatic rings. The second-order valence-electron chi connectivity index (χ2n) is 15.1. The van der Waals surface area contributed by atoms with Gasteiger partial charge in [-0.2, -0.15) is 0 Å². The number of halogens is 1. The van der Waals surface area contributed by atoms with Gasteiger partial charge in [-0.25, -0.2) is 14.4 Å². The molecule has 2 N–H and O–H groups in total. The van der Waals surface area contributed by atoms with E-state index in [-0.39, 0.29) is 23.9 Å². The van der Waals surface area contributed by atoms with E-state index in [0.717, 1.165) is 51.9 Å². The minimum absolute atomic E-state index is 0.137. The lowest BCUT2D eigenvalue weighted by Gasteiger charge is -2.48.